The van der Waals surface area contributed by atoms with E-state index in [4.69, 9.17) is 0 Å². The number of amides is 2. The average Bonchev–Trinajstić information content (AvgIpc) is 3.10. The topological polar surface area (TPSA) is 75.2 Å². The van der Waals surface area contributed by atoms with Gasteiger partial charge >= 0.3 is 6.03 Å². The third-order valence-electron chi connectivity index (χ3n) is 4.20. The van der Waals surface area contributed by atoms with E-state index in [1.54, 1.807) is 24.4 Å². The first-order valence-corrected chi connectivity index (χ1v) is 8.30. The zero-order valence-corrected chi connectivity index (χ0v) is 13.8. The Bertz CT molecular complexity index is 800. The van der Waals surface area contributed by atoms with Crippen LogP contribution in [-0.2, 0) is 6.54 Å². The molecule has 2 amide bonds. The lowest BCUT2D eigenvalue weighted by Gasteiger charge is -2.12. The Morgan fingerprint density at radius 3 is 2.96 bits per heavy atom. The molecule has 3 N–H and O–H groups in total. The number of carbonyl (C=O) groups is 1. The number of nitrogens with one attached hydrogen (secondary N) is 3. The van der Waals surface area contributed by atoms with Gasteiger partial charge in [0.15, 0.2) is 0 Å². The molecule has 0 radical (unpaired) electrons. The van der Waals surface area contributed by atoms with Crippen LogP contribution in [0.4, 0.5) is 14.9 Å². The number of hydrogen-bond acceptors (Lipinski definition) is 3. The van der Waals surface area contributed by atoms with E-state index in [1.165, 1.54) is 22.8 Å². The van der Waals surface area contributed by atoms with Gasteiger partial charge in [-0.15, -0.1) is 0 Å². The summed E-state index contributed by atoms with van der Waals surface area (Å²) in [7, 11) is 0. The van der Waals surface area contributed by atoms with Gasteiger partial charge in [-0.25, -0.2) is 9.18 Å². The summed E-state index contributed by atoms with van der Waals surface area (Å²) in [5, 5.41) is 8.81. The molecule has 132 valence electrons. The Balaban J connectivity index is 1.62. The van der Waals surface area contributed by atoms with E-state index in [2.05, 4.69) is 16.0 Å². The van der Waals surface area contributed by atoms with Crippen LogP contribution in [0.1, 0.15) is 12.0 Å². The number of halogens is 1. The molecule has 1 aromatic heterocycles. The summed E-state index contributed by atoms with van der Waals surface area (Å²) in [6, 6.07) is 8.73. The van der Waals surface area contributed by atoms with Crippen molar-refractivity contribution in [2.45, 2.75) is 13.0 Å². The average molecular weight is 344 g/mol. The number of nitrogens with zero attached hydrogens (tertiary/aromatic N) is 1. The van der Waals surface area contributed by atoms with Crippen molar-refractivity contribution in [2.75, 3.05) is 25.0 Å². The molecule has 6 nitrogen and oxygen atoms in total. The summed E-state index contributed by atoms with van der Waals surface area (Å²) in [4.78, 5) is 24.0. The molecule has 1 aliphatic heterocycles. The van der Waals surface area contributed by atoms with Gasteiger partial charge in [0.05, 0.1) is 12.2 Å². The molecule has 25 heavy (non-hydrogen) atoms. The second-order valence-electron chi connectivity index (χ2n) is 6.21. The molecular weight excluding hydrogens is 323 g/mol. The molecule has 7 heteroatoms. The highest BCUT2D eigenvalue weighted by Crippen LogP contribution is 2.09. The lowest BCUT2D eigenvalue weighted by atomic mass is 10.1. The predicted octanol–water partition coefficient (Wildman–Crippen LogP) is 1.77. The first-order chi connectivity index (χ1) is 12.1. The quantitative estimate of drug-likeness (QED) is 0.774. The number of hydrogen-bond donors (Lipinski definition) is 3. The molecular formula is C18H21FN4O2. The third-order valence-corrected chi connectivity index (χ3v) is 4.20. The van der Waals surface area contributed by atoms with Crippen LogP contribution in [0.5, 0.6) is 0 Å². The van der Waals surface area contributed by atoms with Gasteiger partial charge in [-0.05, 0) is 49.2 Å². The van der Waals surface area contributed by atoms with Gasteiger partial charge in [-0.1, -0.05) is 12.1 Å². The number of benzene rings is 1. The molecule has 1 atom stereocenters. The van der Waals surface area contributed by atoms with Gasteiger partial charge in [0.1, 0.15) is 5.82 Å². The largest absolute Gasteiger partial charge is 0.338 e. The van der Waals surface area contributed by atoms with E-state index >= 15 is 0 Å². The van der Waals surface area contributed by atoms with Crippen LogP contribution in [0.2, 0.25) is 0 Å². The summed E-state index contributed by atoms with van der Waals surface area (Å²) in [6.07, 6.45) is 2.61. The molecule has 2 aromatic rings. The van der Waals surface area contributed by atoms with E-state index in [-0.39, 0.29) is 24.0 Å². The van der Waals surface area contributed by atoms with Crippen LogP contribution < -0.4 is 21.5 Å². The molecule has 0 bridgehead atoms. The van der Waals surface area contributed by atoms with E-state index in [0.29, 0.717) is 23.7 Å². The zero-order valence-electron chi connectivity index (χ0n) is 13.8. The summed E-state index contributed by atoms with van der Waals surface area (Å²) in [5.74, 6) is 0.105. The Labute approximate surface area is 145 Å². The number of carbonyl (C=O) groups excluding carboxylic acids is 1. The van der Waals surface area contributed by atoms with Crippen molar-refractivity contribution in [3.63, 3.8) is 0 Å². The van der Waals surface area contributed by atoms with Crippen molar-refractivity contribution in [1.82, 2.24) is 15.2 Å². The molecule has 0 aliphatic carbocycles. The van der Waals surface area contributed by atoms with Gasteiger partial charge in [-0.2, -0.15) is 0 Å². The van der Waals surface area contributed by atoms with E-state index in [9.17, 15) is 14.0 Å². The maximum atomic E-state index is 13.3. The first-order valence-electron chi connectivity index (χ1n) is 8.30. The van der Waals surface area contributed by atoms with Crippen LogP contribution in [0.25, 0.3) is 0 Å². The Kier molecular flexibility index (Phi) is 5.45. The van der Waals surface area contributed by atoms with Crippen LogP contribution in [0.15, 0.2) is 47.4 Å². The molecule has 1 fully saturated rings. The number of rotatable bonds is 5. The second kappa shape index (κ2) is 7.94. The van der Waals surface area contributed by atoms with Crippen LogP contribution in [0.3, 0.4) is 0 Å². The van der Waals surface area contributed by atoms with Crippen molar-refractivity contribution in [3.8, 4) is 0 Å². The highest BCUT2D eigenvalue weighted by Gasteiger charge is 2.15. The summed E-state index contributed by atoms with van der Waals surface area (Å²) in [5.41, 5.74) is 0.975. The normalized spacial score (nSPS) is 16.6. The first kappa shape index (κ1) is 17.2. The smallest absolute Gasteiger partial charge is 0.319 e. The maximum Gasteiger partial charge on any atom is 0.319 e. The molecule has 1 unspecified atom stereocenters. The lowest BCUT2D eigenvalue weighted by molar-refractivity contribution is 0.250. The molecule has 3 rings (SSSR count). The number of urea groups is 1. The van der Waals surface area contributed by atoms with E-state index in [1.807, 2.05) is 0 Å². The fraction of sp³-hybridized carbons (Fsp3) is 0.333. The minimum atomic E-state index is -0.347. The maximum absolute atomic E-state index is 13.3. The summed E-state index contributed by atoms with van der Waals surface area (Å²) < 4.78 is 14.7. The van der Waals surface area contributed by atoms with E-state index in [0.717, 1.165) is 19.5 Å². The summed E-state index contributed by atoms with van der Waals surface area (Å²) in [6.45, 7) is 2.75. The standard InChI is InChI=1S/C18H21FN4O2/c19-15-3-1-2-13(8-15)11-23-12-16(4-5-17(23)24)22-18(25)21-10-14-6-7-20-9-14/h1-5,8,12,14,20H,6-7,9-11H2,(H2,21,22,25). The highest BCUT2D eigenvalue weighted by molar-refractivity contribution is 5.88. The zero-order chi connectivity index (χ0) is 17.6. The van der Waals surface area contributed by atoms with Crippen molar-refractivity contribution in [2.24, 2.45) is 5.92 Å². The SMILES string of the molecule is O=C(NCC1CCNC1)Nc1ccc(=O)n(Cc2cccc(F)c2)c1. The number of pyridine rings is 1. The molecule has 1 aliphatic rings. The predicted molar refractivity (Wildman–Crippen MR) is 94.2 cm³/mol. The van der Waals surface area contributed by atoms with Gasteiger partial charge in [0.2, 0.25) is 0 Å². The molecule has 0 saturated carbocycles. The fourth-order valence-corrected chi connectivity index (χ4v) is 2.86. The fourth-order valence-electron chi connectivity index (χ4n) is 2.86. The minimum Gasteiger partial charge on any atom is -0.338 e. The van der Waals surface area contributed by atoms with Crippen molar-refractivity contribution in [3.05, 3.63) is 64.3 Å². The lowest BCUT2D eigenvalue weighted by Crippen LogP contribution is -2.34. The van der Waals surface area contributed by atoms with E-state index < -0.39 is 0 Å². The molecule has 0 spiro atoms. The van der Waals surface area contributed by atoms with Crippen LogP contribution >= 0.6 is 0 Å². The van der Waals surface area contributed by atoms with Gasteiger partial charge in [0, 0.05) is 18.8 Å². The summed E-state index contributed by atoms with van der Waals surface area (Å²) >= 11 is 0. The van der Waals surface area contributed by atoms with Gasteiger partial charge in [-0.3, -0.25) is 4.79 Å². The Morgan fingerprint density at radius 1 is 1.32 bits per heavy atom. The highest BCUT2D eigenvalue weighted by atomic mass is 19.1. The van der Waals surface area contributed by atoms with Crippen molar-refractivity contribution < 1.29 is 9.18 Å². The number of anilines is 1. The Morgan fingerprint density at radius 2 is 2.20 bits per heavy atom. The monoisotopic (exact) mass is 344 g/mol. The van der Waals surface area contributed by atoms with Gasteiger partial charge in [0.25, 0.3) is 5.56 Å². The van der Waals surface area contributed by atoms with Crippen molar-refractivity contribution in [1.29, 1.82) is 0 Å². The minimum absolute atomic E-state index is 0.216. The molecule has 1 aromatic carbocycles. The molecule has 2 heterocycles. The van der Waals surface area contributed by atoms with Gasteiger partial charge < -0.3 is 20.5 Å². The Hall–Kier alpha value is -2.67. The van der Waals surface area contributed by atoms with Crippen LogP contribution in [-0.4, -0.2) is 30.2 Å². The van der Waals surface area contributed by atoms with Crippen molar-refractivity contribution >= 4 is 11.7 Å². The third kappa shape index (κ3) is 4.90. The second-order valence-corrected chi connectivity index (χ2v) is 6.21. The molecule has 1 saturated heterocycles. The number of aromatic nitrogens is 1. The van der Waals surface area contributed by atoms with Crippen LogP contribution in [0, 0.1) is 11.7 Å².